The molecule has 1 unspecified atom stereocenters. The number of hydrogen-bond donors (Lipinski definition) is 2. The maximum Gasteiger partial charge on any atom is 0.0268 e. The van der Waals surface area contributed by atoms with Gasteiger partial charge in [0.2, 0.25) is 0 Å². The first-order chi connectivity index (χ1) is 6.79. The monoisotopic (exact) mass is 190 g/mol. The maximum atomic E-state index is 5.96. The Morgan fingerprint density at radius 2 is 2.21 bits per heavy atom. The van der Waals surface area contributed by atoms with Crippen LogP contribution in [-0.4, -0.2) is 13.1 Å². The van der Waals surface area contributed by atoms with Gasteiger partial charge in [-0.25, -0.2) is 0 Å². The van der Waals surface area contributed by atoms with Crippen molar-refractivity contribution in [1.29, 1.82) is 0 Å². The minimum absolute atomic E-state index is 0.145. The zero-order valence-electron chi connectivity index (χ0n) is 8.66. The van der Waals surface area contributed by atoms with Gasteiger partial charge in [-0.1, -0.05) is 24.3 Å². The summed E-state index contributed by atoms with van der Waals surface area (Å²) in [7, 11) is 0. The standard InChI is InChI=1S/C12H18N2/c1-9(13)11-4-2-3-5-12(11)10-6-7-14-8-10/h2-5,9-10,14H,6-8,13H2,1H3/t9-,10?/m1/s1. The van der Waals surface area contributed by atoms with E-state index in [-0.39, 0.29) is 6.04 Å². The average molecular weight is 190 g/mol. The number of nitrogens with one attached hydrogen (secondary N) is 1. The second kappa shape index (κ2) is 4.11. The molecule has 1 aromatic rings. The summed E-state index contributed by atoms with van der Waals surface area (Å²) < 4.78 is 0. The Labute approximate surface area is 85.5 Å². The average Bonchev–Trinajstić information content (AvgIpc) is 2.70. The zero-order valence-corrected chi connectivity index (χ0v) is 8.66. The molecule has 0 amide bonds. The first-order valence-electron chi connectivity index (χ1n) is 5.34. The third-order valence-corrected chi connectivity index (χ3v) is 2.99. The molecule has 1 saturated heterocycles. The summed E-state index contributed by atoms with van der Waals surface area (Å²) in [6.45, 7) is 4.29. The second-order valence-corrected chi connectivity index (χ2v) is 4.11. The van der Waals surface area contributed by atoms with Crippen LogP contribution in [0.1, 0.15) is 36.4 Å². The molecular formula is C12H18N2. The molecule has 1 aromatic carbocycles. The molecule has 0 aromatic heterocycles. The van der Waals surface area contributed by atoms with Gasteiger partial charge in [0.1, 0.15) is 0 Å². The smallest absolute Gasteiger partial charge is 0.0268 e. The highest BCUT2D eigenvalue weighted by Gasteiger charge is 2.19. The Kier molecular flexibility index (Phi) is 2.85. The molecule has 3 N–H and O–H groups in total. The minimum atomic E-state index is 0.145. The third-order valence-electron chi connectivity index (χ3n) is 2.99. The highest BCUT2D eigenvalue weighted by Crippen LogP contribution is 2.28. The summed E-state index contributed by atoms with van der Waals surface area (Å²) in [4.78, 5) is 0. The fourth-order valence-electron chi connectivity index (χ4n) is 2.22. The second-order valence-electron chi connectivity index (χ2n) is 4.11. The Balaban J connectivity index is 2.30. The zero-order chi connectivity index (χ0) is 9.97. The lowest BCUT2D eigenvalue weighted by molar-refractivity contribution is 0.720. The van der Waals surface area contributed by atoms with Crippen molar-refractivity contribution in [3.8, 4) is 0 Å². The normalized spacial score (nSPS) is 23.7. The molecule has 76 valence electrons. The van der Waals surface area contributed by atoms with Gasteiger partial charge >= 0.3 is 0 Å². The van der Waals surface area contributed by atoms with Crippen LogP contribution in [-0.2, 0) is 0 Å². The molecule has 2 atom stereocenters. The fourth-order valence-corrected chi connectivity index (χ4v) is 2.22. The quantitative estimate of drug-likeness (QED) is 0.746. The molecular weight excluding hydrogens is 172 g/mol. The fraction of sp³-hybridized carbons (Fsp3) is 0.500. The molecule has 0 bridgehead atoms. The van der Waals surface area contributed by atoms with Crippen molar-refractivity contribution >= 4 is 0 Å². The highest BCUT2D eigenvalue weighted by atomic mass is 14.9. The number of nitrogens with two attached hydrogens (primary N) is 1. The molecule has 0 saturated carbocycles. The van der Waals surface area contributed by atoms with Crippen molar-refractivity contribution in [3.63, 3.8) is 0 Å². The van der Waals surface area contributed by atoms with Gasteiger partial charge in [0.05, 0.1) is 0 Å². The molecule has 2 nitrogen and oxygen atoms in total. The van der Waals surface area contributed by atoms with Crippen molar-refractivity contribution < 1.29 is 0 Å². The first-order valence-corrected chi connectivity index (χ1v) is 5.34. The molecule has 2 heteroatoms. The van der Waals surface area contributed by atoms with Gasteiger partial charge in [0.25, 0.3) is 0 Å². The van der Waals surface area contributed by atoms with Gasteiger partial charge in [-0.15, -0.1) is 0 Å². The predicted molar refractivity (Wildman–Crippen MR) is 59.3 cm³/mol. The Hall–Kier alpha value is -0.860. The highest BCUT2D eigenvalue weighted by molar-refractivity contribution is 5.33. The summed E-state index contributed by atoms with van der Waals surface area (Å²) in [5.41, 5.74) is 8.71. The Morgan fingerprint density at radius 1 is 1.43 bits per heavy atom. The summed E-state index contributed by atoms with van der Waals surface area (Å²) >= 11 is 0. The van der Waals surface area contributed by atoms with E-state index in [2.05, 4.69) is 36.5 Å². The van der Waals surface area contributed by atoms with E-state index < -0.39 is 0 Å². The van der Waals surface area contributed by atoms with Crippen LogP contribution in [0.5, 0.6) is 0 Å². The summed E-state index contributed by atoms with van der Waals surface area (Å²) in [6.07, 6.45) is 1.24. The number of benzene rings is 1. The molecule has 1 aliphatic heterocycles. The van der Waals surface area contributed by atoms with Crippen molar-refractivity contribution in [2.45, 2.75) is 25.3 Å². The van der Waals surface area contributed by atoms with Crippen LogP contribution in [0.4, 0.5) is 0 Å². The van der Waals surface area contributed by atoms with E-state index in [0.717, 1.165) is 13.1 Å². The molecule has 0 radical (unpaired) electrons. The third kappa shape index (κ3) is 1.81. The van der Waals surface area contributed by atoms with Crippen LogP contribution in [0.15, 0.2) is 24.3 Å². The van der Waals surface area contributed by atoms with Crippen LogP contribution >= 0.6 is 0 Å². The summed E-state index contributed by atoms with van der Waals surface area (Å²) in [5, 5.41) is 3.40. The van der Waals surface area contributed by atoms with E-state index in [1.807, 2.05) is 0 Å². The van der Waals surface area contributed by atoms with E-state index in [4.69, 9.17) is 5.73 Å². The van der Waals surface area contributed by atoms with Gasteiger partial charge in [-0.2, -0.15) is 0 Å². The molecule has 1 heterocycles. The van der Waals surface area contributed by atoms with Crippen molar-refractivity contribution in [2.75, 3.05) is 13.1 Å². The van der Waals surface area contributed by atoms with Crippen LogP contribution in [0.2, 0.25) is 0 Å². The summed E-state index contributed by atoms with van der Waals surface area (Å²) in [5.74, 6) is 0.664. The van der Waals surface area contributed by atoms with E-state index in [1.165, 1.54) is 17.5 Å². The molecule has 2 rings (SSSR count). The van der Waals surface area contributed by atoms with E-state index >= 15 is 0 Å². The lowest BCUT2D eigenvalue weighted by Crippen LogP contribution is -2.13. The van der Waals surface area contributed by atoms with Crippen LogP contribution in [0.25, 0.3) is 0 Å². The SMILES string of the molecule is C[C@@H](N)c1ccccc1C1CCNC1. The number of hydrogen-bond acceptors (Lipinski definition) is 2. The van der Waals surface area contributed by atoms with Crippen molar-refractivity contribution in [2.24, 2.45) is 5.73 Å². The van der Waals surface area contributed by atoms with Gasteiger partial charge in [0.15, 0.2) is 0 Å². The van der Waals surface area contributed by atoms with Crippen LogP contribution < -0.4 is 11.1 Å². The molecule has 0 spiro atoms. The van der Waals surface area contributed by atoms with Gasteiger partial charge in [0, 0.05) is 12.6 Å². The predicted octanol–water partition coefficient (Wildman–Crippen LogP) is 1.78. The summed E-state index contributed by atoms with van der Waals surface area (Å²) in [6, 6.07) is 8.70. The topological polar surface area (TPSA) is 38.0 Å². The van der Waals surface area contributed by atoms with Gasteiger partial charge in [-0.3, -0.25) is 0 Å². The Bertz CT molecular complexity index is 301. The van der Waals surface area contributed by atoms with Crippen LogP contribution in [0, 0.1) is 0 Å². The van der Waals surface area contributed by atoms with Gasteiger partial charge in [-0.05, 0) is 36.9 Å². The van der Waals surface area contributed by atoms with E-state index in [0.29, 0.717) is 5.92 Å². The lowest BCUT2D eigenvalue weighted by atomic mass is 9.91. The largest absolute Gasteiger partial charge is 0.324 e. The number of rotatable bonds is 2. The van der Waals surface area contributed by atoms with E-state index in [1.54, 1.807) is 0 Å². The minimum Gasteiger partial charge on any atom is -0.324 e. The molecule has 1 fully saturated rings. The van der Waals surface area contributed by atoms with Crippen molar-refractivity contribution in [1.82, 2.24) is 5.32 Å². The lowest BCUT2D eigenvalue weighted by Gasteiger charge is -2.16. The molecule has 14 heavy (non-hydrogen) atoms. The van der Waals surface area contributed by atoms with Crippen LogP contribution in [0.3, 0.4) is 0 Å². The molecule has 0 aliphatic carbocycles. The Morgan fingerprint density at radius 3 is 2.86 bits per heavy atom. The maximum absolute atomic E-state index is 5.96. The first kappa shape index (κ1) is 9.69. The molecule has 1 aliphatic rings. The van der Waals surface area contributed by atoms with E-state index in [9.17, 15) is 0 Å². The van der Waals surface area contributed by atoms with Gasteiger partial charge < -0.3 is 11.1 Å². The van der Waals surface area contributed by atoms with Crippen molar-refractivity contribution in [3.05, 3.63) is 35.4 Å².